The second kappa shape index (κ2) is 5.31. The maximum atomic E-state index is 4.62. The second-order valence-electron chi connectivity index (χ2n) is 5.77. The van der Waals surface area contributed by atoms with Crippen molar-refractivity contribution in [1.82, 2.24) is 24.7 Å². The van der Waals surface area contributed by atoms with Crippen LogP contribution in [-0.2, 0) is 6.54 Å². The van der Waals surface area contributed by atoms with E-state index in [0.29, 0.717) is 6.04 Å². The number of hydrogen-bond acceptors (Lipinski definition) is 6. The Hall–Kier alpha value is -2.02. The van der Waals surface area contributed by atoms with Crippen LogP contribution in [0.15, 0.2) is 19.0 Å². The minimum Gasteiger partial charge on any atom is -0.351 e. The molecule has 0 saturated carbocycles. The van der Waals surface area contributed by atoms with Crippen molar-refractivity contribution in [3.05, 3.63) is 29.4 Å². The number of fused-ring (bicyclic) bond motifs is 1. The zero-order chi connectivity index (χ0) is 15.1. The molecule has 114 valence electrons. The molecule has 22 heavy (non-hydrogen) atoms. The minimum atomic E-state index is 0.416. The van der Waals surface area contributed by atoms with Gasteiger partial charge in [-0.05, 0) is 32.3 Å². The van der Waals surface area contributed by atoms with E-state index in [1.807, 2.05) is 4.68 Å². The Kier molecular flexibility index (Phi) is 3.29. The molecule has 0 amide bonds. The van der Waals surface area contributed by atoms with E-state index in [0.717, 1.165) is 30.2 Å². The average molecular weight is 314 g/mol. The third kappa shape index (κ3) is 2.16. The monoisotopic (exact) mass is 314 g/mol. The molecule has 0 radical (unpaired) electrons. The smallest absolute Gasteiger partial charge is 0.141 e. The Bertz CT molecular complexity index is 794. The van der Waals surface area contributed by atoms with Crippen LogP contribution in [0.5, 0.6) is 0 Å². The van der Waals surface area contributed by atoms with E-state index in [2.05, 4.69) is 38.8 Å². The molecule has 1 saturated heterocycles. The first-order valence-corrected chi connectivity index (χ1v) is 8.35. The van der Waals surface area contributed by atoms with Gasteiger partial charge in [-0.25, -0.2) is 15.0 Å². The van der Waals surface area contributed by atoms with Gasteiger partial charge < -0.3 is 4.90 Å². The fourth-order valence-corrected chi connectivity index (χ4v) is 4.22. The molecule has 3 aromatic heterocycles. The molecule has 6 nitrogen and oxygen atoms in total. The SMILES string of the molecule is Cc1sc2ncnc(N3CCC[C@@H]3Cn3cncn3)c2c1C. The highest BCUT2D eigenvalue weighted by atomic mass is 32.1. The van der Waals surface area contributed by atoms with Crippen LogP contribution in [0.2, 0.25) is 0 Å². The van der Waals surface area contributed by atoms with Gasteiger partial charge in [0.05, 0.1) is 18.0 Å². The highest BCUT2D eigenvalue weighted by Crippen LogP contribution is 2.36. The summed E-state index contributed by atoms with van der Waals surface area (Å²) in [7, 11) is 0. The average Bonchev–Trinajstić information content (AvgIpc) is 3.23. The minimum absolute atomic E-state index is 0.416. The number of nitrogens with zero attached hydrogens (tertiary/aromatic N) is 6. The number of rotatable bonds is 3. The molecular weight excluding hydrogens is 296 g/mol. The lowest BCUT2D eigenvalue weighted by atomic mass is 10.2. The van der Waals surface area contributed by atoms with Gasteiger partial charge in [0.2, 0.25) is 0 Å². The lowest BCUT2D eigenvalue weighted by Gasteiger charge is -2.26. The summed E-state index contributed by atoms with van der Waals surface area (Å²) in [5.74, 6) is 1.08. The molecule has 0 unspecified atom stereocenters. The molecular formula is C15H18N6S. The molecule has 4 heterocycles. The first kappa shape index (κ1) is 13.6. The van der Waals surface area contributed by atoms with E-state index in [-0.39, 0.29) is 0 Å². The molecule has 0 N–H and O–H groups in total. The number of thiophene rings is 1. The van der Waals surface area contributed by atoms with Crippen molar-refractivity contribution in [3.63, 3.8) is 0 Å². The lowest BCUT2D eigenvalue weighted by Crippen LogP contribution is -2.34. The van der Waals surface area contributed by atoms with Crippen molar-refractivity contribution in [2.24, 2.45) is 0 Å². The zero-order valence-electron chi connectivity index (χ0n) is 12.7. The van der Waals surface area contributed by atoms with Crippen LogP contribution in [0, 0.1) is 13.8 Å². The summed E-state index contributed by atoms with van der Waals surface area (Å²) >= 11 is 1.75. The summed E-state index contributed by atoms with van der Waals surface area (Å²) in [4.78, 5) is 17.9. The Morgan fingerprint density at radius 3 is 3.00 bits per heavy atom. The third-order valence-electron chi connectivity index (χ3n) is 4.46. The van der Waals surface area contributed by atoms with E-state index in [1.165, 1.54) is 22.2 Å². The van der Waals surface area contributed by atoms with E-state index in [4.69, 9.17) is 0 Å². The van der Waals surface area contributed by atoms with Gasteiger partial charge in [0, 0.05) is 11.4 Å². The van der Waals surface area contributed by atoms with Crippen LogP contribution in [0.1, 0.15) is 23.3 Å². The largest absolute Gasteiger partial charge is 0.351 e. The first-order chi connectivity index (χ1) is 10.7. The Labute approximate surface area is 132 Å². The molecule has 1 atom stereocenters. The molecule has 7 heteroatoms. The van der Waals surface area contributed by atoms with Gasteiger partial charge in [-0.2, -0.15) is 5.10 Å². The van der Waals surface area contributed by atoms with Gasteiger partial charge in [-0.3, -0.25) is 4.68 Å². The van der Waals surface area contributed by atoms with Gasteiger partial charge in [-0.15, -0.1) is 11.3 Å². The fraction of sp³-hybridized carbons (Fsp3) is 0.467. The van der Waals surface area contributed by atoms with Crippen molar-refractivity contribution >= 4 is 27.4 Å². The number of aromatic nitrogens is 5. The van der Waals surface area contributed by atoms with Gasteiger partial charge in [0.25, 0.3) is 0 Å². The summed E-state index contributed by atoms with van der Waals surface area (Å²) < 4.78 is 1.91. The summed E-state index contributed by atoms with van der Waals surface area (Å²) in [6.45, 7) is 6.22. The van der Waals surface area contributed by atoms with Crippen LogP contribution in [0.3, 0.4) is 0 Å². The maximum Gasteiger partial charge on any atom is 0.141 e. The van der Waals surface area contributed by atoms with Crippen molar-refractivity contribution in [1.29, 1.82) is 0 Å². The van der Waals surface area contributed by atoms with Crippen LogP contribution >= 0.6 is 11.3 Å². The van der Waals surface area contributed by atoms with Gasteiger partial charge >= 0.3 is 0 Å². The number of hydrogen-bond donors (Lipinski definition) is 0. The molecule has 4 rings (SSSR count). The highest BCUT2D eigenvalue weighted by Gasteiger charge is 2.28. The van der Waals surface area contributed by atoms with E-state index < -0.39 is 0 Å². The zero-order valence-corrected chi connectivity index (χ0v) is 13.5. The van der Waals surface area contributed by atoms with Crippen LogP contribution < -0.4 is 4.90 Å². The normalized spacial score (nSPS) is 18.5. The maximum absolute atomic E-state index is 4.62. The molecule has 1 aliphatic rings. The fourth-order valence-electron chi connectivity index (χ4n) is 3.23. The van der Waals surface area contributed by atoms with Crippen LogP contribution in [-0.4, -0.2) is 37.3 Å². The molecule has 3 aromatic rings. The molecule has 0 aliphatic carbocycles. The van der Waals surface area contributed by atoms with E-state index in [9.17, 15) is 0 Å². The summed E-state index contributed by atoms with van der Waals surface area (Å²) in [6, 6.07) is 0.416. The Morgan fingerprint density at radius 2 is 2.18 bits per heavy atom. The van der Waals surface area contributed by atoms with Crippen molar-refractivity contribution < 1.29 is 0 Å². The third-order valence-corrected chi connectivity index (χ3v) is 5.57. The topological polar surface area (TPSA) is 59.7 Å². The summed E-state index contributed by atoms with van der Waals surface area (Å²) in [5, 5.41) is 5.46. The van der Waals surface area contributed by atoms with Crippen LogP contribution in [0.25, 0.3) is 10.2 Å². The van der Waals surface area contributed by atoms with Crippen molar-refractivity contribution in [3.8, 4) is 0 Å². The lowest BCUT2D eigenvalue weighted by molar-refractivity contribution is 0.507. The summed E-state index contributed by atoms with van der Waals surface area (Å²) in [6.07, 6.45) is 7.42. The number of anilines is 1. The predicted octanol–water partition coefficient (Wildman–Crippen LogP) is 2.57. The molecule has 0 aromatic carbocycles. The van der Waals surface area contributed by atoms with Crippen molar-refractivity contribution in [2.75, 3.05) is 11.4 Å². The van der Waals surface area contributed by atoms with Crippen molar-refractivity contribution in [2.45, 2.75) is 39.3 Å². The molecule has 0 spiro atoms. The highest BCUT2D eigenvalue weighted by molar-refractivity contribution is 7.18. The molecule has 1 aliphatic heterocycles. The Morgan fingerprint density at radius 1 is 1.27 bits per heavy atom. The van der Waals surface area contributed by atoms with E-state index >= 15 is 0 Å². The quantitative estimate of drug-likeness (QED) is 0.743. The molecule has 1 fully saturated rings. The number of aryl methyl sites for hydroxylation is 2. The second-order valence-corrected chi connectivity index (χ2v) is 6.97. The summed E-state index contributed by atoms with van der Waals surface area (Å²) in [5.41, 5.74) is 1.31. The first-order valence-electron chi connectivity index (χ1n) is 7.54. The predicted molar refractivity (Wildman–Crippen MR) is 87.3 cm³/mol. The molecule has 0 bridgehead atoms. The van der Waals surface area contributed by atoms with Crippen LogP contribution in [0.4, 0.5) is 5.82 Å². The Balaban J connectivity index is 1.74. The van der Waals surface area contributed by atoms with E-state index in [1.54, 1.807) is 30.3 Å². The van der Waals surface area contributed by atoms with Gasteiger partial charge in [0.1, 0.15) is 29.6 Å². The van der Waals surface area contributed by atoms with Gasteiger partial charge in [-0.1, -0.05) is 0 Å². The standard InChI is InChI=1S/C15H18N6S/c1-10-11(2)22-15-13(10)14(17-8-18-15)21-5-3-4-12(21)6-20-9-16-7-19-20/h7-9,12H,3-6H2,1-2H3/t12-/m1/s1. The van der Waals surface area contributed by atoms with Gasteiger partial charge in [0.15, 0.2) is 0 Å².